The summed E-state index contributed by atoms with van der Waals surface area (Å²) in [5, 5.41) is 8.87. The van der Waals surface area contributed by atoms with E-state index in [1.807, 2.05) is 0 Å². The van der Waals surface area contributed by atoms with Gasteiger partial charge >= 0.3 is 5.97 Å². The Morgan fingerprint density at radius 1 is 1.32 bits per heavy atom. The maximum absolute atomic E-state index is 10.8. The second kappa shape index (κ2) is 6.63. The van der Waals surface area contributed by atoms with Crippen molar-refractivity contribution in [1.82, 2.24) is 0 Å². The number of carbonyl (C=O) groups is 1. The van der Waals surface area contributed by atoms with Crippen molar-refractivity contribution in [2.45, 2.75) is 12.5 Å². The number of hydrogen-bond donors (Lipinski definition) is 2. The number of nitrogens with two attached hydrogens (primary N) is 1. The summed E-state index contributed by atoms with van der Waals surface area (Å²) >= 11 is 3.35. The normalized spacial score (nSPS) is 11.8. The number of carboxylic acids is 1. The van der Waals surface area contributed by atoms with Crippen LogP contribution in [0.1, 0.15) is 5.56 Å². The second-order valence-corrected chi connectivity index (χ2v) is 4.56. The molecule has 3 N–H and O–H groups in total. The molecule has 0 aliphatic heterocycles. The van der Waals surface area contributed by atoms with E-state index in [2.05, 4.69) is 15.9 Å². The Kier molecular flexibility index (Phi) is 5.44. The Labute approximate surface area is 119 Å². The highest BCUT2D eigenvalue weighted by Gasteiger charge is 2.22. The highest BCUT2D eigenvalue weighted by atomic mass is 79.9. The third-order valence-electron chi connectivity index (χ3n) is 2.60. The van der Waals surface area contributed by atoms with Gasteiger partial charge in [0, 0.05) is 12.0 Å². The Bertz CT molecular complexity index is 478. The van der Waals surface area contributed by atoms with Crippen molar-refractivity contribution in [1.29, 1.82) is 0 Å². The molecule has 19 heavy (non-hydrogen) atoms. The van der Waals surface area contributed by atoms with Gasteiger partial charge in [0.2, 0.25) is 0 Å². The minimum Gasteiger partial charge on any atom is -0.495 e. The quantitative estimate of drug-likeness (QED) is 0.818. The van der Waals surface area contributed by atoms with Crippen LogP contribution < -0.4 is 19.9 Å². The van der Waals surface area contributed by atoms with E-state index in [4.69, 9.17) is 25.1 Å². The summed E-state index contributed by atoms with van der Waals surface area (Å²) in [6.45, 7) is 0. The molecule has 106 valence electrons. The molecule has 1 aromatic rings. The molecule has 0 radical (unpaired) electrons. The van der Waals surface area contributed by atoms with E-state index in [1.54, 1.807) is 6.07 Å². The number of methoxy groups -OCH3 is 3. The van der Waals surface area contributed by atoms with E-state index < -0.39 is 12.0 Å². The van der Waals surface area contributed by atoms with Gasteiger partial charge in [-0.2, -0.15) is 0 Å². The van der Waals surface area contributed by atoms with Gasteiger partial charge in [0.25, 0.3) is 0 Å². The molecular formula is C12H16BrNO5. The molecular weight excluding hydrogens is 318 g/mol. The number of halogens is 1. The van der Waals surface area contributed by atoms with Gasteiger partial charge in [0.05, 0.1) is 21.3 Å². The molecule has 0 aliphatic rings. The molecule has 0 bridgehead atoms. The number of rotatable bonds is 6. The van der Waals surface area contributed by atoms with Crippen molar-refractivity contribution in [2.75, 3.05) is 21.3 Å². The Balaban J connectivity index is 3.30. The predicted molar refractivity (Wildman–Crippen MR) is 73.1 cm³/mol. The SMILES string of the molecule is COc1cc(CC(N)C(=O)O)c(OC)c(Br)c1OC. The first kappa shape index (κ1) is 15.6. The van der Waals surface area contributed by atoms with Gasteiger partial charge < -0.3 is 25.1 Å². The van der Waals surface area contributed by atoms with Crippen LogP contribution in [0.4, 0.5) is 0 Å². The summed E-state index contributed by atoms with van der Waals surface area (Å²) in [5.41, 5.74) is 6.17. The fourth-order valence-electron chi connectivity index (χ4n) is 1.68. The molecule has 0 fully saturated rings. The molecule has 0 aliphatic carbocycles. The molecule has 0 amide bonds. The average molecular weight is 334 g/mol. The van der Waals surface area contributed by atoms with Gasteiger partial charge in [-0.25, -0.2) is 0 Å². The summed E-state index contributed by atoms with van der Waals surface area (Å²) in [6.07, 6.45) is 0.122. The number of benzene rings is 1. The van der Waals surface area contributed by atoms with E-state index in [9.17, 15) is 4.79 Å². The van der Waals surface area contributed by atoms with Crippen molar-refractivity contribution in [3.05, 3.63) is 16.1 Å². The van der Waals surface area contributed by atoms with Crippen LogP contribution in [0.3, 0.4) is 0 Å². The van der Waals surface area contributed by atoms with Gasteiger partial charge in [-0.15, -0.1) is 0 Å². The third kappa shape index (κ3) is 3.30. The summed E-state index contributed by atoms with van der Waals surface area (Å²) in [5.74, 6) is 0.358. The van der Waals surface area contributed by atoms with Crippen molar-refractivity contribution < 1.29 is 24.1 Å². The van der Waals surface area contributed by atoms with Gasteiger partial charge in [0.15, 0.2) is 11.5 Å². The highest BCUT2D eigenvalue weighted by Crippen LogP contribution is 2.44. The van der Waals surface area contributed by atoms with Crippen LogP contribution in [0.5, 0.6) is 17.2 Å². The van der Waals surface area contributed by atoms with Gasteiger partial charge in [0.1, 0.15) is 16.3 Å². The monoisotopic (exact) mass is 333 g/mol. The van der Waals surface area contributed by atoms with Crippen LogP contribution in [0.2, 0.25) is 0 Å². The van der Waals surface area contributed by atoms with Crippen LogP contribution >= 0.6 is 15.9 Å². The summed E-state index contributed by atoms with van der Waals surface area (Å²) in [7, 11) is 4.49. The van der Waals surface area contributed by atoms with E-state index >= 15 is 0 Å². The molecule has 0 spiro atoms. The van der Waals surface area contributed by atoms with Gasteiger partial charge in [-0.05, 0) is 22.0 Å². The third-order valence-corrected chi connectivity index (χ3v) is 3.32. The van der Waals surface area contributed by atoms with E-state index in [0.29, 0.717) is 27.3 Å². The molecule has 0 aromatic heterocycles. The number of aliphatic carboxylic acids is 1. The largest absolute Gasteiger partial charge is 0.495 e. The molecule has 1 rings (SSSR count). The lowest BCUT2D eigenvalue weighted by atomic mass is 10.0. The first-order valence-electron chi connectivity index (χ1n) is 5.41. The fourth-order valence-corrected chi connectivity index (χ4v) is 2.45. The molecule has 6 nitrogen and oxygen atoms in total. The summed E-state index contributed by atoms with van der Waals surface area (Å²) < 4.78 is 16.2. The molecule has 0 saturated carbocycles. The number of carboxylic acid groups (broad SMARTS) is 1. The molecule has 1 unspecified atom stereocenters. The standard InChI is InChI=1S/C12H16BrNO5/c1-17-8-5-6(4-7(14)12(15)16)10(18-2)9(13)11(8)19-3/h5,7H,4,14H2,1-3H3,(H,15,16). The molecule has 7 heteroatoms. The smallest absolute Gasteiger partial charge is 0.320 e. The lowest BCUT2D eigenvalue weighted by Crippen LogP contribution is -2.32. The lowest BCUT2D eigenvalue weighted by molar-refractivity contribution is -0.138. The van der Waals surface area contributed by atoms with Crippen LogP contribution in [0.15, 0.2) is 10.5 Å². The molecule has 1 aromatic carbocycles. The van der Waals surface area contributed by atoms with Crippen LogP contribution in [-0.2, 0) is 11.2 Å². The Morgan fingerprint density at radius 2 is 1.89 bits per heavy atom. The zero-order valence-corrected chi connectivity index (χ0v) is 12.5. The fraction of sp³-hybridized carbons (Fsp3) is 0.417. The van der Waals surface area contributed by atoms with E-state index in [1.165, 1.54) is 21.3 Å². The van der Waals surface area contributed by atoms with Crippen molar-refractivity contribution >= 4 is 21.9 Å². The zero-order chi connectivity index (χ0) is 14.6. The van der Waals surface area contributed by atoms with Crippen LogP contribution in [0.25, 0.3) is 0 Å². The summed E-state index contributed by atoms with van der Waals surface area (Å²) in [6, 6.07) is 0.643. The number of hydrogen-bond acceptors (Lipinski definition) is 5. The van der Waals surface area contributed by atoms with Crippen LogP contribution in [0, 0.1) is 0 Å². The van der Waals surface area contributed by atoms with Crippen molar-refractivity contribution in [3.8, 4) is 17.2 Å². The number of ether oxygens (including phenoxy) is 3. The average Bonchev–Trinajstić information content (AvgIpc) is 2.38. The predicted octanol–water partition coefficient (Wildman–Crippen LogP) is 1.43. The molecule has 0 heterocycles. The minimum atomic E-state index is -1.08. The maximum atomic E-state index is 10.8. The maximum Gasteiger partial charge on any atom is 0.320 e. The van der Waals surface area contributed by atoms with Crippen molar-refractivity contribution in [2.24, 2.45) is 5.73 Å². The van der Waals surface area contributed by atoms with E-state index in [0.717, 1.165) is 0 Å². The van der Waals surface area contributed by atoms with Crippen LogP contribution in [-0.4, -0.2) is 38.4 Å². The second-order valence-electron chi connectivity index (χ2n) is 3.77. The first-order valence-corrected chi connectivity index (χ1v) is 6.21. The molecule has 1 atom stereocenters. The Morgan fingerprint density at radius 3 is 2.32 bits per heavy atom. The summed E-state index contributed by atoms with van der Waals surface area (Å²) in [4.78, 5) is 10.8. The first-order chi connectivity index (χ1) is 8.96. The van der Waals surface area contributed by atoms with Gasteiger partial charge in [-0.1, -0.05) is 0 Å². The van der Waals surface area contributed by atoms with Crippen molar-refractivity contribution in [3.63, 3.8) is 0 Å². The minimum absolute atomic E-state index is 0.122. The Hall–Kier alpha value is -1.47. The molecule has 0 saturated heterocycles. The van der Waals surface area contributed by atoms with E-state index in [-0.39, 0.29) is 6.42 Å². The topological polar surface area (TPSA) is 91.0 Å². The lowest BCUT2D eigenvalue weighted by Gasteiger charge is -2.17. The highest BCUT2D eigenvalue weighted by molar-refractivity contribution is 9.10. The zero-order valence-electron chi connectivity index (χ0n) is 10.9. The van der Waals surface area contributed by atoms with Gasteiger partial charge in [-0.3, -0.25) is 4.79 Å².